The summed E-state index contributed by atoms with van der Waals surface area (Å²) in [6.07, 6.45) is 5.38. The fourth-order valence-corrected chi connectivity index (χ4v) is 2.44. The zero-order chi connectivity index (χ0) is 18.4. The van der Waals surface area contributed by atoms with Crippen LogP contribution in [0.1, 0.15) is 23.7 Å². The SMILES string of the molecule is CC(=O)Nc1ncc(-c2ccc(CO)cc2)nc1/C=C/c1ccccc1. The minimum Gasteiger partial charge on any atom is -0.392 e. The van der Waals surface area contributed by atoms with Gasteiger partial charge in [0.2, 0.25) is 5.91 Å². The van der Waals surface area contributed by atoms with E-state index in [-0.39, 0.29) is 12.5 Å². The van der Waals surface area contributed by atoms with Crippen LogP contribution >= 0.6 is 0 Å². The molecule has 5 nitrogen and oxygen atoms in total. The number of aliphatic hydroxyl groups excluding tert-OH is 1. The van der Waals surface area contributed by atoms with Crippen molar-refractivity contribution in [1.82, 2.24) is 9.97 Å². The van der Waals surface area contributed by atoms with Crippen LogP contribution in [-0.4, -0.2) is 21.0 Å². The van der Waals surface area contributed by atoms with E-state index in [4.69, 9.17) is 5.11 Å². The Bertz CT molecular complexity index is 920. The van der Waals surface area contributed by atoms with Gasteiger partial charge in [0.15, 0.2) is 5.82 Å². The van der Waals surface area contributed by atoms with E-state index < -0.39 is 0 Å². The number of benzene rings is 2. The molecule has 2 aromatic carbocycles. The minimum absolute atomic E-state index is 0.00150. The molecule has 0 aliphatic rings. The average Bonchev–Trinajstić information content (AvgIpc) is 2.68. The maximum absolute atomic E-state index is 11.4. The second-order valence-electron chi connectivity index (χ2n) is 5.77. The lowest BCUT2D eigenvalue weighted by Crippen LogP contribution is -2.10. The van der Waals surface area contributed by atoms with Gasteiger partial charge in [-0.1, -0.05) is 60.7 Å². The summed E-state index contributed by atoms with van der Waals surface area (Å²) < 4.78 is 0. The first-order valence-corrected chi connectivity index (χ1v) is 8.23. The molecule has 3 aromatic rings. The third kappa shape index (κ3) is 4.40. The standard InChI is InChI=1S/C21H19N3O2/c1-15(26)23-21-19(12-9-16-5-3-2-4-6-16)24-20(13-22-21)18-10-7-17(14-25)8-11-18/h2-13,25H,14H2,1H3,(H,22,23,26)/b12-9+. The topological polar surface area (TPSA) is 75.1 Å². The number of nitrogens with zero attached hydrogens (tertiary/aromatic N) is 2. The fourth-order valence-electron chi connectivity index (χ4n) is 2.44. The summed E-state index contributed by atoms with van der Waals surface area (Å²) in [7, 11) is 0. The average molecular weight is 345 g/mol. The van der Waals surface area contributed by atoms with E-state index in [2.05, 4.69) is 15.3 Å². The molecule has 0 fully saturated rings. The third-order valence-electron chi connectivity index (χ3n) is 3.76. The van der Waals surface area contributed by atoms with Crippen molar-refractivity contribution in [1.29, 1.82) is 0 Å². The Morgan fingerprint density at radius 3 is 2.46 bits per heavy atom. The summed E-state index contributed by atoms with van der Waals surface area (Å²) in [6.45, 7) is 1.44. The summed E-state index contributed by atoms with van der Waals surface area (Å²) in [6, 6.07) is 17.3. The van der Waals surface area contributed by atoms with Crippen LogP contribution in [0.25, 0.3) is 23.4 Å². The van der Waals surface area contributed by atoms with E-state index in [1.54, 1.807) is 6.20 Å². The van der Waals surface area contributed by atoms with E-state index in [0.717, 1.165) is 16.7 Å². The van der Waals surface area contributed by atoms with Gasteiger partial charge in [0.1, 0.15) is 5.69 Å². The zero-order valence-electron chi connectivity index (χ0n) is 14.4. The molecule has 1 amide bonds. The summed E-state index contributed by atoms with van der Waals surface area (Å²) in [5.74, 6) is 0.217. The summed E-state index contributed by atoms with van der Waals surface area (Å²) >= 11 is 0. The van der Waals surface area contributed by atoms with Gasteiger partial charge in [-0.05, 0) is 17.2 Å². The molecule has 0 unspecified atom stereocenters. The molecule has 26 heavy (non-hydrogen) atoms. The van der Waals surface area contributed by atoms with Crippen molar-refractivity contribution >= 4 is 23.9 Å². The molecular weight excluding hydrogens is 326 g/mol. The van der Waals surface area contributed by atoms with Gasteiger partial charge in [0, 0.05) is 12.5 Å². The van der Waals surface area contributed by atoms with Crippen LogP contribution < -0.4 is 5.32 Å². The number of hydrogen-bond acceptors (Lipinski definition) is 4. The predicted octanol–water partition coefficient (Wildman–Crippen LogP) is 3.76. The number of rotatable bonds is 5. The highest BCUT2D eigenvalue weighted by atomic mass is 16.3. The Balaban J connectivity index is 1.97. The van der Waals surface area contributed by atoms with Gasteiger partial charge >= 0.3 is 0 Å². The minimum atomic E-state index is -0.200. The monoisotopic (exact) mass is 345 g/mol. The van der Waals surface area contributed by atoms with E-state index in [0.29, 0.717) is 17.2 Å². The molecule has 2 N–H and O–H groups in total. The maximum Gasteiger partial charge on any atom is 0.222 e. The number of amides is 1. The van der Waals surface area contributed by atoms with Crippen molar-refractivity contribution in [2.45, 2.75) is 13.5 Å². The van der Waals surface area contributed by atoms with E-state index in [1.165, 1.54) is 6.92 Å². The highest BCUT2D eigenvalue weighted by Crippen LogP contribution is 2.22. The second kappa shape index (κ2) is 8.18. The van der Waals surface area contributed by atoms with Gasteiger partial charge < -0.3 is 10.4 Å². The van der Waals surface area contributed by atoms with Crippen molar-refractivity contribution in [3.05, 3.63) is 77.6 Å². The maximum atomic E-state index is 11.4. The van der Waals surface area contributed by atoms with Gasteiger partial charge in [-0.2, -0.15) is 0 Å². The van der Waals surface area contributed by atoms with Crippen LogP contribution in [-0.2, 0) is 11.4 Å². The fraction of sp³-hybridized carbons (Fsp3) is 0.0952. The Morgan fingerprint density at radius 1 is 1.08 bits per heavy atom. The summed E-state index contributed by atoms with van der Waals surface area (Å²) in [5.41, 5.74) is 4.02. The molecular formula is C21H19N3O2. The Kier molecular flexibility index (Phi) is 5.51. The van der Waals surface area contributed by atoms with Crippen molar-refractivity contribution in [3.8, 4) is 11.3 Å². The largest absolute Gasteiger partial charge is 0.392 e. The van der Waals surface area contributed by atoms with Crippen LogP contribution in [0.5, 0.6) is 0 Å². The third-order valence-corrected chi connectivity index (χ3v) is 3.76. The van der Waals surface area contributed by atoms with Crippen LogP contribution in [0.3, 0.4) is 0 Å². The van der Waals surface area contributed by atoms with Crippen molar-refractivity contribution < 1.29 is 9.90 Å². The van der Waals surface area contributed by atoms with E-state index in [9.17, 15) is 4.79 Å². The Hall–Kier alpha value is -3.31. The molecule has 0 spiro atoms. The van der Waals surface area contributed by atoms with Gasteiger partial charge in [-0.3, -0.25) is 4.79 Å². The normalized spacial score (nSPS) is 10.8. The lowest BCUT2D eigenvalue weighted by atomic mass is 10.1. The van der Waals surface area contributed by atoms with Crippen molar-refractivity contribution in [2.75, 3.05) is 5.32 Å². The summed E-state index contributed by atoms with van der Waals surface area (Å²) in [5, 5.41) is 11.9. The van der Waals surface area contributed by atoms with E-state index in [1.807, 2.05) is 66.7 Å². The molecule has 0 aliphatic carbocycles. The van der Waals surface area contributed by atoms with Gasteiger partial charge in [-0.15, -0.1) is 0 Å². The Morgan fingerprint density at radius 2 is 1.81 bits per heavy atom. The highest BCUT2D eigenvalue weighted by Gasteiger charge is 2.08. The Labute approximate surface area is 152 Å². The lowest BCUT2D eigenvalue weighted by molar-refractivity contribution is -0.114. The van der Waals surface area contributed by atoms with Crippen LogP contribution in [0.15, 0.2) is 60.8 Å². The van der Waals surface area contributed by atoms with Gasteiger partial charge in [0.25, 0.3) is 0 Å². The van der Waals surface area contributed by atoms with Crippen LogP contribution in [0.2, 0.25) is 0 Å². The lowest BCUT2D eigenvalue weighted by Gasteiger charge is -2.08. The predicted molar refractivity (Wildman–Crippen MR) is 103 cm³/mol. The summed E-state index contributed by atoms with van der Waals surface area (Å²) in [4.78, 5) is 20.4. The zero-order valence-corrected chi connectivity index (χ0v) is 14.4. The van der Waals surface area contributed by atoms with Crippen LogP contribution in [0, 0.1) is 0 Å². The molecule has 0 saturated carbocycles. The molecule has 3 rings (SSSR count). The van der Waals surface area contributed by atoms with Crippen molar-refractivity contribution in [3.63, 3.8) is 0 Å². The molecule has 5 heteroatoms. The molecule has 1 aromatic heterocycles. The first-order chi connectivity index (χ1) is 12.7. The molecule has 0 saturated heterocycles. The first kappa shape index (κ1) is 17.5. The molecule has 0 radical (unpaired) electrons. The molecule has 130 valence electrons. The molecule has 0 atom stereocenters. The molecule has 1 heterocycles. The molecule has 0 aliphatic heterocycles. The highest BCUT2D eigenvalue weighted by molar-refractivity contribution is 5.90. The first-order valence-electron chi connectivity index (χ1n) is 8.23. The number of carbonyl (C=O) groups is 1. The number of carbonyl (C=O) groups excluding carboxylic acids is 1. The molecule has 0 bridgehead atoms. The van der Waals surface area contributed by atoms with E-state index >= 15 is 0 Å². The number of aliphatic hydroxyl groups is 1. The second-order valence-corrected chi connectivity index (χ2v) is 5.77. The number of aromatic nitrogens is 2. The number of anilines is 1. The van der Waals surface area contributed by atoms with Gasteiger partial charge in [0.05, 0.1) is 18.5 Å². The van der Waals surface area contributed by atoms with Gasteiger partial charge in [-0.25, -0.2) is 9.97 Å². The number of nitrogens with one attached hydrogen (secondary N) is 1. The van der Waals surface area contributed by atoms with Crippen molar-refractivity contribution in [2.24, 2.45) is 0 Å². The van der Waals surface area contributed by atoms with Crippen LogP contribution in [0.4, 0.5) is 5.82 Å². The quantitative estimate of drug-likeness (QED) is 0.738. The smallest absolute Gasteiger partial charge is 0.222 e. The number of hydrogen-bond donors (Lipinski definition) is 2.